The minimum atomic E-state index is -1.56. The smallest absolute Gasteiger partial charge is 0.220 e. The van der Waals surface area contributed by atoms with Gasteiger partial charge in [-0.25, -0.2) is 0 Å². The standard InChI is InChI=1S/C56H109NO8/c1-3-5-7-9-11-13-15-17-18-19-20-21-22-23-24-25-26-27-28-29-30-31-32-34-36-38-40-42-44-46-52(60)57-49(48-64-56-55(63)54(62)53(61)51(47-58)65-56)50(59)45-43-41-39-37-35-33-16-14-12-10-8-6-4-2/h43,45,49-51,53-56,58-59,61-63H,3-42,44,46-48H2,1-2H3,(H,57,60)/b45-43+. The van der Waals surface area contributed by atoms with Gasteiger partial charge in [0.2, 0.25) is 5.91 Å². The first kappa shape index (κ1) is 61.9. The summed E-state index contributed by atoms with van der Waals surface area (Å²) in [6, 6.07) is -0.799. The molecule has 0 aliphatic carbocycles. The molecule has 1 saturated heterocycles. The van der Waals surface area contributed by atoms with E-state index >= 15 is 0 Å². The molecule has 0 saturated carbocycles. The second-order valence-corrected chi connectivity index (χ2v) is 20.1. The molecule has 0 radical (unpaired) electrons. The van der Waals surface area contributed by atoms with Crippen LogP contribution < -0.4 is 5.32 Å². The Morgan fingerprint density at radius 2 is 0.846 bits per heavy atom. The number of rotatable bonds is 49. The monoisotopic (exact) mass is 924 g/mol. The summed E-state index contributed by atoms with van der Waals surface area (Å²) in [6.07, 6.45) is 50.0. The van der Waals surface area contributed by atoms with Gasteiger partial charge in [-0.05, 0) is 19.3 Å². The van der Waals surface area contributed by atoms with Crippen molar-refractivity contribution < 1.29 is 39.8 Å². The van der Waals surface area contributed by atoms with Crippen LogP contribution in [0.4, 0.5) is 0 Å². The van der Waals surface area contributed by atoms with Gasteiger partial charge in [0, 0.05) is 6.42 Å². The Bertz CT molecular complexity index is 1030. The van der Waals surface area contributed by atoms with Crippen LogP contribution in [-0.2, 0) is 14.3 Å². The molecule has 6 N–H and O–H groups in total. The van der Waals surface area contributed by atoms with Gasteiger partial charge in [0.1, 0.15) is 24.4 Å². The third kappa shape index (κ3) is 36.6. The van der Waals surface area contributed by atoms with Gasteiger partial charge in [0.05, 0.1) is 25.4 Å². The van der Waals surface area contributed by atoms with Crippen molar-refractivity contribution in [3.63, 3.8) is 0 Å². The lowest BCUT2D eigenvalue weighted by Crippen LogP contribution is -2.60. The van der Waals surface area contributed by atoms with E-state index < -0.39 is 49.5 Å². The van der Waals surface area contributed by atoms with Crippen molar-refractivity contribution in [2.75, 3.05) is 13.2 Å². The Balaban J connectivity index is 2.13. The van der Waals surface area contributed by atoms with Crippen LogP contribution in [0.1, 0.15) is 284 Å². The van der Waals surface area contributed by atoms with Gasteiger partial charge < -0.3 is 40.3 Å². The summed E-state index contributed by atoms with van der Waals surface area (Å²) < 4.78 is 11.2. The molecule has 7 unspecified atom stereocenters. The molecule has 1 aliphatic rings. The molecule has 1 heterocycles. The van der Waals surface area contributed by atoms with Crippen molar-refractivity contribution in [2.45, 2.75) is 326 Å². The predicted molar refractivity (Wildman–Crippen MR) is 272 cm³/mol. The first-order valence-electron chi connectivity index (χ1n) is 28.4. The largest absolute Gasteiger partial charge is 0.394 e. The van der Waals surface area contributed by atoms with Gasteiger partial charge in [-0.3, -0.25) is 4.79 Å². The van der Waals surface area contributed by atoms with Crippen LogP contribution in [-0.4, -0.2) is 87.5 Å². The molecule has 0 aromatic heterocycles. The van der Waals surface area contributed by atoms with Crippen LogP contribution in [0.25, 0.3) is 0 Å². The lowest BCUT2D eigenvalue weighted by atomic mass is 9.99. The number of nitrogens with one attached hydrogen (secondary N) is 1. The van der Waals surface area contributed by atoms with Crippen molar-refractivity contribution >= 4 is 5.91 Å². The van der Waals surface area contributed by atoms with Crippen LogP contribution in [0, 0.1) is 0 Å². The fraction of sp³-hybridized carbons (Fsp3) is 0.946. The molecule has 386 valence electrons. The third-order valence-electron chi connectivity index (χ3n) is 13.9. The van der Waals surface area contributed by atoms with Crippen molar-refractivity contribution in [2.24, 2.45) is 0 Å². The van der Waals surface area contributed by atoms with Crippen LogP contribution in [0.3, 0.4) is 0 Å². The Morgan fingerprint density at radius 1 is 0.508 bits per heavy atom. The average Bonchev–Trinajstić information content (AvgIpc) is 3.31. The zero-order chi connectivity index (χ0) is 47.3. The molecular weight excluding hydrogens is 815 g/mol. The Hall–Kier alpha value is -1.07. The fourth-order valence-corrected chi connectivity index (χ4v) is 9.34. The number of hydrogen-bond donors (Lipinski definition) is 6. The van der Waals surface area contributed by atoms with E-state index in [2.05, 4.69) is 19.2 Å². The van der Waals surface area contributed by atoms with E-state index in [9.17, 15) is 30.3 Å². The summed E-state index contributed by atoms with van der Waals surface area (Å²) in [5.74, 6) is -0.171. The maximum absolute atomic E-state index is 13.0. The number of amides is 1. The topological polar surface area (TPSA) is 149 Å². The summed E-state index contributed by atoms with van der Waals surface area (Å²) in [4.78, 5) is 13.0. The highest BCUT2D eigenvalue weighted by Gasteiger charge is 2.44. The summed E-state index contributed by atoms with van der Waals surface area (Å²) in [5, 5.41) is 54.4. The molecule has 0 aromatic rings. The number of aliphatic hydroxyl groups excluding tert-OH is 5. The second-order valence-electron chi connectivity index (χ2n) is 20.1. The highest BCUT2D eigenvalue weighted by atomic mass is 16.7. The highest BCUT2D eigenvalue weighted by Crippen LogP contribution is 2.23. The van der Waals surface area contributed by atoms with Crippen molar-refractivity contribution in [1.29, 1.82) is 0 Å². The third-order valence-corrected chi connectivity index (χ3v) is 13.9. The second kappa shape index (κ2) is 46.6. The Morgan fingerprint density at radius 3 is 1.20 bits per heavy atom. The summed E-state index contributed by atoms with van der Waals surface area (Å²) in [6.45, 7) is 3.80. The zero-order valence-corrected chi connectivity index (χ0v) is 42.8. The molecule has 9 heteroatoms. The quantitative estimate of drug-likeness (QED) is 0.0261. The van der Waals surface area contributed by atoms with E-state index in [-0.39, 0.29) is 12.5 Å². The molecule has 0 spiro atoms. The minimum Gasteiger partial charge on any atom is -0.394 e. The highest BCUT2D eigenvalue weighted by molar-refractivity contribution is 5.76. The fourth-order valence-electron chi connectivity index (χ4n) is 9.34. The van der Waals surface area contributed by atoms with E-state index in [1.54, 1.807) is 6.08 Å². The lowest BCUT2D eigenvalue weighted by molar-refractivity contribution is -0.302. The molecule has 9 nitrogen and oxygen atoms in total. The average molecular weight is 924 g/mol. The first-order valence-corrected chi connectivity index (χ1v) is 28.4. The summed E-state index contributed by atoms with van der Waals surface area (Å²) in [5.41, 5.74) is 0. The van der Waals surface area contributed by atoms with Crippen molar-refractivity contribution in [3.05, 3.63) is 12.2 Å². The lowest BCUT2D eigenvalue weighted by Gasteiger charge is -2.40. The van der Waals surface area contributed by atoms with Gasteiger partial charge in [-0.2, -0.15) is 0 Å². The van der Waals surface area contributed by atoms with E-state index in [1.807, 2.05) is 6.08 Å². The Kier molecular flexibility index (Phi) is 44.5. The molecule has 1 fully saturated rings. The summed E-state index contributed by atoms with van der Waals surface area (Å²) >= 11 is 0. The molecule has 65 heavy (non-hydrogen) atoms. The van der Waals surface area contributed by atoms with E-state index in [0.29, 0.717) is 6.42 Å². The van der Waals surface area contributed by atoms with Crippen LogP contribution in [0.2, 0.25) is 0 Å². The van der Waals surface area contributed by atoms with E-state index in [1.165, 1.54) is 225 Å². The summed E-state index contributed by atoms with van der Waals surface area (Å²) in [7, 11) is 0. The minimum absolute atomic E-state index is 0.171. The molecule has 1 rings (SSSR count). The first-order chi connectivity index (χ1) is 31.8. The van der Waals surface area contributed by atoms with E-state index in [0.717, 1.165) is 38.5 Å². The molecule has 0 aromatic carbocycles. The molecular formula is C56H109NO8. The molecule has 0 bridgehead atoms. The van der Waals surface area contributed by atoms with E-state index in [4.69, 9.17) is 9.47 Å². The molecule has 7 atom stereocenters. The SMILES string of the molecule is CCCCCCCCCCCCC/C=C/C(O)C(COC1OC(CO)C(O)C(O)C1O)NC(=O)CCCCCCCCCCCCCCCCCCCCCCCCCCCCCCC. The maximum Gasteiger partial charge on any atom is 0.220 e. The molecule has 1 amide bonds. The molecule has 1 aliphatic heterocycles. The normalized spacial score (nSPS) is 19.9. The van der Waals surface area contributed by atoms with Gasteiger partial charge >= 0.3 is 0 Å². The van der Waals surface area contributed by atoms with Crippen molar-refractivity contribution in [1.82, 2.24) is 5.32 Å². The van der Waals surface area contributed by atoms with Gasteiger partial charge in [0.15, 0.2) is 6.29 Å². The number of carbonyl (C=O) groups is 1. The van der Waals surface area contributed by atoms with Gasteiger partial charge in [-0.15, -0.1) is 0 Å². The van der Waals surface area contributed by atoms with Gasteiger partial charge in [0.25, 0.3) is 0 Å². The Labute approximate surface area is 401 Å². The number of hydrogen-bond acceptors (Lipinski definition) is 8. The van der Waals surface area contributed by atoms with Crippen LogP contribution in [0.5, 0.6) is 0 Å². The number of ether oxygens (including phenoxy) is 2. The predicted octanol–water partition coefficient (Wildman–Crippen LogP) is 13.6. The zero-order valence-electron chi connectivity index (χ0n) is 42.8. The number of allylic oxidation sites excluding steroid dienone is 1. The van der Waals surface area contributed by atoms with Crippen LogP contribution >= 0.6 is 0 Å². The number of carbonyl (C=O) groups excluding carboxylic acids is 1. The van der Waals surface area contributed by atoms with Crippen LogP contribution in [0.15, 0.2) is 12.2 Å². The van der Waals surface area contributed by atoms with Crippen molar-refractivity contribution in [3.8, 4) is 0 Å². The maximum atomic E-state index is 13.0. The number of aliphatic hydroxyl groups is 5. The van der Waals surface area contributed by atoms with Gasteiger partial charge in [-0.1, -0.05) is 270 Å². The number of unbranched alkanes of at least 4 members (excludes halogenated alkanes) is 39.